The molecule has 0 saturated carbocycles. The summed E-state index contributed by atoms with van der Waals surface area (Å²) in [5.41, 5.74) is 6.47. The number of imidazole rings is 1. The Labute approximate surface area is 136 Å². The predicted molar refractivity (Wildman–Crippen MR) is 80.7 cm³/mol. The summed E-state index contributed by atoms with van der Waals surface area (Å²) in [5, 5.41) is 22.9. The second kappa shape index (κ2) is 6.55. The first-order chi connectivity index (χ1) is 11.5. The molecule has 0 radical (unpaired) electrons. The number of nitrogens with one attached hydrogen (secondary N) is 1. The maximum Gasteiger partial charge on any atom is 0.407 e. The number of hydrogen-bond donors (Lipinski definition) is 4. The van der Waals surface area contributed by atoms with Gasteiger partial charge in [-0.15, -0.1) is 0 Å². The smallest absolute Gasteiger partial charge is 0.407 e. The maximum absolute atomic E-state index is 11.3. The number of carbonyl (C=O) groups is 1. The van der Waals surface area contributed by atoms with E-state index in [0.717, 1.165) is 0 Å². The third-order valence-electron chi connectivity index (χ3n) is 3.72. The van der Waals surface area contributed by atoms with Crippen molar-refractivity contribution >= 4 is 23.1 Å². The van der Waals surface area contributed by atoms with Crippen LogP contribution in [-0.4, -0.2) is 67.3 Å². The van der Waals surface area contributed by atoms with Gasteiger partial charge in [0.1, 0.15) is 30.2 Å². The van der Waals surface area contributed by atoms with Crippen LogP contribution in [0.1, 0.15) is 13.2 Å². The van der Waals surface area contributed by atoms with Crippen LogP contribution in [0.4, 0.5) is 10.6 Å². The van der Waals surface area contributed by atoms with Crippen LogP contribution in [0.2, 0.25) is 0 Å². The third-order valence-corrected chi connectivity index (χ3v) is 3.72. The van der Waals surface area contributed by atoms with Crippen molar-refractivity contribution in [2.24, 2.45) is 0 Å². The molecular weight excluding hydrogens is 320 g/mol. The second-order valence-corrected chi connectivity index (χ2v) is 5.23. The Bertz CT molecular complexity index is 737. The summed E-state index contributed by atoms with van der Waals surface area (Å²) in [6, 6.07) is 0. The van der Waals surface area contributed by atoms with E-state index in [1.807, 2.05) is 0 Å². The first-order valence-corrected chi connectivity index (χ1v) is 7.38. The molecule has 11 heteroatoms. The van der Waals surface area contributed by atoms with Gasteiger partial charge in [0, 0.05) is 6.54 Å². The maximum atomic E-state index is 11.3. The molecule has 1 amide bonds. The van der Waals surface area contributed by atoms with E-state index in [2.05, 4.69) is 20.3 Å². The molecule has 11 nitrogen and oxygen atoms in total. The lowest BCUT2D eigenvalue weighted by Crippen LogP contribution is -2.40. The number of fused-ring (bicyclic) bond motifs is 1. The number of amides is 1. The van der Waals surface area contributed by atoms with E-state index in [9.17, 15) is 15.0 Å². The minimum atomic E-state index is -1.23. The first kappa shape index (κ1) is 16.4. The summed E-state index contributed by atoms with van der Waals surface area (Å²) < 4.78 is 11.9. The van der Waals surface area contributed by atoms with E-state index in [4.69, 9.17) is 15.2 Å². The van der Waals surface area contributed by atoms with Crippen LogP contribution in [0.3, 0.4) is 0 Å². The van der Waals surface area contributed by atoms with Crippen LogP contribution in [-0.2, 0) is 9.47 Å². The van der Waals surface area contributed by atoms with Crippen molar-refractivity contribution < 1.29 is 24.5 Å². The van der Waals surface area contributed by atoms with E-state index in [1.165, 1.54) is 17.2 Å². The molecule has 1 fully saturated rings. The molecule has 2 aromatic heterocycles. The lowest BCUT2D eigenvalue weighted by Gasteiger charge is -2.16. The Morgan fingerprint density at radius 1 is 1.42 bits per heavy atom. The van der Waals surface area contributed by atoms with Gasteiger partial charge < -0.3 is 30.7 Å². The van der Waals surface area contributed by atoms with Gasteiger partial charge in [-0.2, -0.15) is 0 Å². The molecule has 0 aromatic carbocycles. The van der Waals surface area contributed by atoms with Crippen molar-refractivity contribution in [1.82, 2.24) is 24.8 Å². The Hall–Kier alpha value is -2.50. The normalized spacial score (nSPS) is 26.6. The molecule has 2 unspecified atom stereocenters. The van der Waals surface area contributed by atoms with Crippen molar-refractivity contribution in [2.75, 3.05) is 18.9 Å². The number of aliphatic hydroxyl groups excluding tert-OH is 2. The molecule has 0 aliphatic carbocycles. The van der Waals surface area contributed by atoms with E-state index in [-0.39, 0.29) is 19.0 Å². The number of anilines is 1. The topological polar surface area (TPSA) is 158 Å². The number of nitrogens with two attached hydrogens (primary N) is 1. The largest absolute Gasteiger partial charge is 0.450 e. The summed E-state index contributed by atoms with van der Waals surface area (Å²) in [6.45, 7) is 1.89. The van der Waals surface area contributed by atoms with Gasteiger partial charge in [-0.1, -0.05) is 0 Å². The second-order valence-electron chi connectivity index (χ2n) is 5.23. The number of ether oxygens (including phenoxy) is 2. The van der Waals surface area contributed by atoms with Gasteiger partial charge in [0.2, 0.25) is 0 Å². The number of nitrogens with zero attached hydrogens (tertiary/aromatic N) is 4. The highest BCUT2D eigenvalue weighted by molar-refractivity contribution is 5.81. The molecule has 1 aliphatic rings. The summed E-state index contributed by atoms with van der Waals surface area (Å²) in [7, 11) is 0. The molecule has 2 aromatic rings. The molecule has 1 aliphatic heterocycles. The van der Waals surface area contributed by atoms with Crippen LogP contribution >= 0.6 is 0 Å². The highest BCUT2D eigenvalue weighted by Crippen LogP contribution is 2.31. The lowest BCUT2D eigenvalue weighted by atomic mass is 10.1. The SMILES string of the molecule is CCOC(=O)NC[C@H]1O[C@@H](n2cnc3c(N)ncnc32)C(O)C1O. The zero-order valence-corrected chi connectivity index (χ0v) is 12.9. The van der Waals surface area contributed by atoms with Gasteiger partial charge >= 0.3 is 6.09 Å². The van der Waals surface area contributed by atoms with Gasteiger partial charge in [0.15, 0.2) is 17.7 Å². The lowest BCUT2D eigenvalue weighted by molar-refractivity contribution is -0.0340. The number of nitrogen functional groups attached to an aromatic ring is 1. The third kappa shape index (κ3) is 2.84. The van der Waals surface area contributed by atoms with Crippen molar-refractivity contribution in [3.05, 3.63) is 12.7 Å². The Morgan fingerprint density at radius 3 is 2.96 bits per heavy atom. The minimum Gasteiger partial charge on any atom is -0.450 e. The van der Waals surface area contributed by atoms with Crippen molar-refractivity contribution in [1.29, 1.82) is 0 Å². The molecule has 0 spiro atoms. The predicted octanol–water partition coefficient (Wildman–Crippen LogP) is -1.23. The quantitative estimate of drug-likeness (QED) is 0.536. The highest BCUT2D eigenvalue weighted by Gasteiger charge is 2.44. The van der Waals surface area contributed by atoms with Crippen LogP contribution in [0, 0.1) is 0 Å². The zero-order chi connectivity index (χ0) is 17.3. The fourth-order valence-corrected chi connectivity index (χ4v) is 2.55. The summed E-state index contributed by atoms with van der Waals surface area (Å²) in [4.78, 5) is 23.3. The van der Waals surface area contributed by atoms with Gasteiger partial charge in [-0.05, 0) is 6.92 Å². The molecule has 4 atom stereocenters. The van der Waals surface area contributed by atoms with Gasteiger partial charge in [-0.25, -0.2) is 19.7 Å². The molecule has 3 rings (SSSR count). The van der Waals surface area contributed by atoms with Gasteiger partial charge in [0.25, 0.3) is 0 Å². The Kier molecular flexibility index (Phi) is 4.46. The van der Waals surface area contributed by atoms with Gasteiger partial charge in [-0.3, -0.25) is 4.57 Å². The molecule has 5 N–H and O–H groups in total. The van der Waals surface area contributed by atoms with Crippen molar-refractivity contribution in [2.45, 2.75) is 31.5 Å². The average molecular weight is 338 g/mol. The molecule has 0 bridgehead atoms. The summed E-state index contributed by atoms with van der Waals surface area (Å²) in [5.74, 6) is 0.201. The molecule has 24 heavy (non-hydrogen) atoms. The standard InChI is InChI=1S/C13H18N6O5/c1-2-23-13(22)15-3-6-8(20)9(21)12(24-6)19-5-18-7-10(14)16-4-17-11(7)19/h4-6,8-9,12,20-21H,2-3H2,1H3,(H,15,22)(H2,14,16,17)/t6-,8?,9?,12-/m1/s1. The first-order valence-electron chi connectivity index (χ1n) is 7.38. The number of rotatable bonds is 4. The zero-order valence-electron chi connectivity index (χ0n) is 12.9. The monoisotopic (exact) mass is 338 g/mol. The summed E-state index contributed by atoms with van der Waals surface area (Å²) in [6.07, 6.45) is -2.12. The molecule has 130 valence electrons. The molecule has 1 saturated heterocycles. The van der Waals surface area contributed by atoms with Gasteiger partial charge in [0.05, 0.1) is 12.9 Å². The van der Waals surface area contributed by atoms with Crippen LogP contribution in [0.25, 0.3) is 11.2 Å². The number of carbonyl (C=O) groups excluding carboxylic acids is 1. The van der Waals surface area contributed by atoms with Crippen LogP contribution in [0.5, 0.6) is 0 Å². The fraction of sp³-hybridized carbons (Fsp3) is 0.538. The Balaban J connectivity index is 1.77. The molecular formula is C13H18N6O5. The number of hydrogen-bond acceptors (Lipinski definition) is 9. The number of aliphatic hydroxyl groups is 2. The molecule has 3 heterocycles. The van der Waals surface area contributed by atoms with E-state index >= 15 is 0 Å². The Morgan fingerprint density at radius 2 is 2.21 bits per heavy atom. The van der Waals surface area contributed by atoms with E-state index in [0.29, 0.717) is 11.2 Å². The van der Waals surface area contributed by atoms with Crippen molar-refractivity contribution in [3.63, 3.8) is 0 Å². The van der Waals surface area contributed by atoms with Crippen LogP contribution in [0.15, 0.2) is 12.7 Å². The average Bonchev–Trinajstić information content (AvgIpc) is 3.10. The van der Waals surface area contributed by atoms with E-state index < -0.39 is 30.6 Å². The van der Waals surface area contributed by atoms with Crippen molar-refractivity contribution in [3.8, 4) is 0 Å². The highest BCUT2D eigenvalue weighted by atomic mass is 16.6. The number of aromatic nitrogens is 4. The number of alkyl carbamates (subject to hydrolysis) is 1. The summed E-state index contributed by atoms with van der Waals surface area (Å²) >= 11 is 0. The van der Waals surface area contributed by atoms with E-state index in [1.54, 1.807) is 6.92 Å². The van der Waals surface area contributed by atoms with Crippen LogP contribution < -0.4 is 11.1 Å². The fourth-order valence-electron chi connectivity index (χ4n) is 2.55. The minimum absolute atomic E-state index is 0.0166.